The van der Waals surface area contributed by atoms with Crippen molar-refractivity contribution in [2.45, 2.75) is 31.3 Å². The number of pyridine rings is 1. The molecule has 3 heterocycles. The van der Waals surface area contributed by atoms with Gasteiger partial charge in [0.15, 0.2) is 5.16 Å². The average molecular weight is 485 g/mol. The molecule has 0 radical (unpaired) electrons. The van der Waals surface area contributed by atoms with Crippen molar-refractivity contribution < 1.29 is 9.15 Å². The molecule has 0 spiro atoms. The summed E-state index contributed by atoms with van der Waals surface area (Å²) >= 11 is 1.47. The summed E-state index contributed by atoms with van der Waals surface area (Å²) in [5.74, 6) is 2.62. The Morgan fingerprint density at radius 3 is 2.63 bits per heavy atom. The summed E-state index contributed by atoms with van der Waals surface area (Å²) in [6.07, 6.45) is 3.48. The van der Waals surface area contributed by atoms with Crippen molar-refractivity contribution in [3.05, 3.63) is 100 Å². The standard InChI is InChI=1S/C27H24N4O3S/c1-3-33-21-12-10-20(11-13-21)25-29-24(18(2)34-25)17-35-27-30-23-9-5-4-8-22(23)26(32)31(27)16-19-7-6-14-28-15-19/h4-15H,3,16-17H2,1-2H3. The number of benzene rings is 2. The van der Waals surface area contributed by atoms with Gasteiger partial charge in [0, 0.05) is 23.7 Å². The number of rotatable bonds is 8. The summed E-state index contributed by atoms with van der Waals surface area (Å²) in [5.41, 5.74) is 3.23. The number of nitrogens with zero attached hydrogens (tertiary/aromatic N) is 4. The molecule has 176 valence electrons. The van der Waals surface area contributed by atoms with E-state index in [4.69, 9.17) is 19.1 Å². The van der Waals surface area contributed by atoms with Crippen LogP contribution in [0.1, 0.15) is 23.9 Å². The van der Waals surface area contributed by atoms with E-state index >= 15 is 0 Å². The van der Waals surface area contributed by atoms with Gasteiger partial charge in [0.1, 0.15) is 11.5 Å². The van der Waals surface area contributed by atoms with Gasteiger partial charge in [-0.25, -0.2) is 9.97 Å². The van der Waals surface area contributed by atoms with Crippen molar-refractivity contribution in [2.75, 3.05) is 6.61 Å². The lowest BCUT2D eigenvalue weighted by atomic mass is 10.2. The zero-order valence-corrected chi connectivity index (χ0v) is 20.3. The maximum Gasteiger partial charge on any atom is 0.262 e. The van der Waals surface area contributed by atoms with Crippen LogP contribution in [0.2, 0.25) is 0 Å². The molecule has 5 aromatic rings. The molecule has 5 rings (SSSR count). The molecule has 7 nitrogen and oxygen atoms in total. The van der Waals surface area contributed by atoms with Crippen molar-refractivity contribution in [1.29, 1.82) is 0 Å². The minimum absolute atomic E-state index is 0.0751. The smallest absolute Gasteiger partial charge is 0.262 e. The Kier molecular flexibility index (Phi) is 6.63. The number of thioether (sulfide) groups is 1. The highest BCUT2D eigenvalue weighted by molar-refractivity contribution is 7.98. The van der Waals surface area contributed by atoms with E-state index in [-0.39, 0.29) is 5.56 Å². The van der Waals surface area contributed by atoms with Crippen LogP contribution in [-0.4, -0.2) is 26.1 Å². The first-order chi connectivity index (χ1) is 17.1. The first-order valence-corrected chi connectivity index (χ1v) is 12.3. The molecule has 0 aliphatic carbocycles. The quantitative estimate of drug-likeness (QED) is 0.213. The minimum Gasteiger partial charge on any atom is -0.494 e. The summed E-state index contributed by atoms with van der Waals surface area (Å²) in [6.45, 7) is 4.86. The van der Waals surface area contributed by atoms with E-state index in [0.29, 0.717) is 40.9 Å². The zero-order chi connectivity index (χ0) is 24.2. The van der Waals surface area contributed by atoms with Gasteiger partial charge in [0.25, 0.3) is 5.56 Å². The summed E-state index contributed by atoms with van der Waals surface area (Å²) in [4.78, 5) is 27.0. The van der Waals surface area contributed by atoms with Crippen LogP contribution < -0.4 is 10.3 Å². The molecule has 8 heteroatoms. The molecular weight excluding hydrogens is 460 g/mol. The molecule has 0 saturated heterocycles. The lowest BCUT2D eigenvalue weighted by Gasteiger charge is -2.12. The highest BCUT2D eigenvalue weighted by atomic mass is 32.2. The number of hydrogen-bond donors (Lipinski definition) is 0. The summed E-state index contributed by atoms with van der Waals surface area (Å²) in [6, 6.07) is 18.9. The predicted octanol–water partition coefficient (Wildman–Crippen LogP) is 5.49. The Labute approximate surface area is 206 Å². The predicted molar refractivity (Wildman–Crippen MR) is 137 cm³/mol. The van der Waals surface area contributed by atoms with E-state index in [1.807, 2.05) is 74.5 Å². The van der Waals surface area contributed by atoms with E-state index in [2.05, 4.69) is 4.98 Å². The largest absolute Gasteiger partial charge is 0.494 e. The molecule has 0 saturated carbocycles. The number of para-hydroxylation sites is 1. The second-order valence-corrected chi connectivity index (χ2v) is 8.87. The normalized spacial score (nSPS) is 11.1. The molecule has 0 unspecified atom stereocenters. The molecule has 0 N–H and O–H groups in total. The lowest BCUT2D eigenvalue weighted by Crippen LogP contribution is -2.24. The van der Waals surface area contributed by atoms with Gasteiger partial charge < -0.3 is 9.15 Å². The Morgan fingerprint density at radius 1 is 1.03 bits per heavy atom. The van der Waals surface area contributed by atoms with Gasteiger partial charge in [0.05, 0.1) is 29.7 Å². The van der Waals surface area contributed by atoms with Gasteiger partial charge in [-0.3, -0.25) is 14.3 Å². The number of aromatic nitrogens is 4. The Hall–Kier alpha value is -3.91. The third-order valence-electron chi connectivity index (χ3n) is 5.53. The monoisotopic (exact) mass is 484 g/mol. The van der Waals surface area contributed by atoms with Crippen LogP contribution in [0.25, 0.3) is 22.4 Å². The molecular formula is C27H24N4O3S. The van der Waals surface area contributed by atoms with Crippen LogP contribution in [0.5, 0.6) is 5.75 Å². The summed E-state index contributed by atoms with van der Waals surface area (Å²) < 4.78 is 13.2. The van der Waals surface area contributed by atoms with Gasteiger partial charge in [-0.2, -0.15) is 0 Å². The third kappa shape index (κ3) is 4.97. The topological polar surface area (TPSA) is 83.0 Å². The molecule has 0 amide bonds. The summed E-state index contributed by atoms with van der Waals surface area (Å²) in [5, 5.41) is 1.22. The number of ether oxygens (including phenoxy) is 1. The Balaban J connectivity index is 1.44. The highest BCUT2D eigenvalue weighted by Gasteiger charge is 2.16. The second kappa shape index (κ2) is 10.1. The SMILES string of the molecule is CCOc1ccc(-c2nc(CSc3nc4ccccc4c(=O)n3Cc3cccnc3)c(C)o2)cc1. The molecule has 0 atom stereocenters. The number of oxazole rings is 1. The maximum atomic E-state index is 13.3. The molecule has 0 aliphatic rings. The molecule has 2 aromatic carbocycles. The number of aryl methyl sites for hydroxylation is 1. The number of hydrogen-bond acceptors (Lipinski definition) is 7. The Morgan fingerprint density at radius 2 is 1.86 bits per heavy atom. The van der Waals surface area contributed by atoms with Crippen LogP contribution in [0.15, 0.2) is 87.4 Å². The van der Waals surface area contributed by atoms with Gasteiger partial charge in [-0.05, 0) is 61.9 Å². The average Bonchev–Trinajstić information content (AvgIpc) is 3.26. The molecule has 3 aromatic heterocycles. The van der Waals surface area contributed by atoms with Crippen molar-refractivity contribution in [3.63, 3.8) is 0 Å². The number of fused-ring (bicyclic) bond motifs is 1. The maximum absolute atomic E-state index is 13.3. The first-order valence-electron chi connectivity index (χ1n) is 11.3. The van der Waals surface area contributed by atoms with E-state index in [1.165, 1.54) is 11.8 Å². The second-order valence-electron chi connectivity index (χ2n) is 7.93. The first kappa shape index (κ1) is 22.9. The van der Waals surface area contributed by atoms with Crippen LogP contribution in [0, 0.1) is 6.92 Å². The van der Waals surface area contributed by atoms with Crippen LogP contribution in [0.4, 0.5) is 0 Å². The minimum atomic E-state index is -0.0751. The van der Waals surface area contributed by atoms with E-state index in [1.54, 1.807) is 17.0 Å². The van der Waals surface area contributed by atoms with Crippen LogP contribution in [0.3, 0.4) is 0 Å². The van der Waals surface area contributed by atoms with E-state index in [0.717, 1.165) is 28.3 Å². The van der Waals surface area contributed by atoms with Gasteiger partial charge in [-0.1, -0.05) is 30.0 Å². The highest BCUT2D eigenvalue weighted by Crippen LogP contribution is 2.28. The molecule has 0 aliphatic heterocycles. The van der Waals surface area contributed by atoms with Crippen molar-refractivity contribution >= 4 is 22.7 Å². The van der Waals surface area contributed by atoms with Crippen LogP contribution >= 0.6 is 11.8 Å². The fraction of sp³-hybridized carbons (Fsp3) is 0.185. The molecule has 0 bridgehead atoms. The molecule has 35 heavy (non-hydrogen) atoms. The van der Waals surface area contributed by atoms with Crippen molar-refractivity contribution in [1.82, 2.24) is 19.5 Å². The fourth-order valence-electron chi connectivity index (χ4n) is 3.75. The summed E-state index contributed by atoms with van der Waals surface area (Å²) in [7, 11) is 0. The van der Waals surface area contributed by atoms with Crippen molar-refractivity contribution in [3.8, 4) is 17.2 Å². The Bertz CT molecular complexity index is 1510. The fourth-order valence-corrected chi connectivity index (χ4v) is 4.75. The van der Waals surface area contributed by atoms with Gasteiger partial charge in [0.2, 0.25) is 5.89 Å². The van der Waals surface area contributed by atoms with Crippen molar-refractivity contribution in [2.24, 2.45) is 0 Å². The third-order valence-corrected chi connectivity index (χ3v) is 6.52. The van der Waals surface area contributed by atoms with E-state index in [9.17, 15) is 4.79 Å². The van der Waals surface area contributed by atoms with Gasteiger partial charge >= 0.3 is 0 Å². The van der Waals surface area contributed by atoms with Gasteiger partial charge in [-0.15, -0.1) is 0 Å². The zero-order valence-electron chi connectivity index (χ0n) is 19.5. The van der Waals surface area contributed by atoms with E-state index < -0.39 is 0 Å². The van der Waals surface area contributed by atoms with Crippen LogP contribution in [-0.2, 0) is 12.3 Å². The lowest BCUT2D eigenvalue weighted by molar-refractivity contribution is 0.340. The molecule has 0 fully saturated rings.